The lowest BCUT2D eigenvalue weighted by atomic mass is 10.1. The zero-order valence-electron chi connectivity index (χ0n) is 6.60. The Labute approximate surface area is 71.0 Å². The van der Waals surface area contributed by atoms with Crippen LogP contribution in [-0.2, 0) is 4.74 Å². The Balaban J connectivity index is 2.11. The molecular weight excluding hydrogens is 154 g/mol. The van der Waals surface area contributed by atoms with Gasteiger partial charge in [-0.1, -0.05) is 30.3 Å². The molecule has 1 fully saturated rings. The van der Waals surface area contributed by atoms with Crippen molar-refractivity contribution in [3.8, 4) is 0 Å². The highest BCUT2D eigenvalue weighted by Gasteiger charge is 2.22. The Kier molecular flexibility index (Phi) is 2.08. The first-order valence-electron chi connectivity index (χ1n) is 3.97. The lowest BCUT2D eigenvalue weighted by Crippen LogP contribution is -2.24. The van der Waals surface area contributed by atoms with Crippen LogP contribution >= 0.6 is 0 Å². The van der Waals surface area contributed by atoms with Gasteiger partial charge in [0.25, 0.3) is 0 Å². The highest BCUT2D eigenvalue weighted by Crippen LogP contribution is 2.18. The smallest absolute Gasteiger partial charge is 0.214 e. The average Bonchev–Trinajstić information content (AvgIpc) is 2.54. The van der Waals surface area contributed by atoms with Crippen LogP contribution in [0.3, 0.4) is 0 Å². The van der Waals surface area contributed by atoms with Crippen LogP contribution in [0.4, 0.5) is 0 Å². The van der Waals surface area contributed by atoms with Crippen molar-refractivity contribution in [1.82, 2.24) is 5.32 Å². The van der Waals surface area contributed by atoms with E-state index in [4.69, 9.17) is 9.84 Å². The molecule has 1 saturated heterocycles. The van der Waals surface area contributed by atoms with Crippen LogP contribution in [0.25, 0.3) is 0 Å². The Morgan fingerprint density at radius 3 is 2.67 bits per heavy atom. The Morgan fingerprint density at radius 2 is 2.08 bits per heavy atom. The lowest BCUT2D eigenvalue weighted by Gasteiger charge is -2.07. The van der Waals surface area contributed by atoms with Crippen molar-refractivity contribution in [2.45, 2.75) is 12.5 Å². The summed E-state index contributed by atoms with van der Waals surface area (Å²) in [7, 11) is 0. The van der Waals surface area contributed by atoms with E-state index in [1.54, 1.807) is 0 Å². The topological polar surface area (TPSA) is 41.5 Å². The number of aliphatic hydroxyl groups excluding tert-OH is 1. The second-order valence-electron chi connectivity index (χ2n) is 2.82. The van der Waals surface area contributed by atoms with E-state index in [0.29, 0.717) is 6.61 Å². The molecule has 0 amide bonds. The van der Waals surface area contributed by atoms with E-state index in [2.05, 4.69) is 5.32 Å². The number of nitrogens with one attached hydrogen (secondary N) is 1. The van der Waals surface area contributed by atoms with Gasteiger partial charge in [0.15, 0.2) is 0 Å². The number of hydrogen-bond donors (Lipinski definition) is 2. The van der Waals surface area contributed by atoms with Crippen LogP contribution in [0, 0.1) is 0 Å². The Bertz CT molecular complexity index is 250. The molecule has 0 radical (unpaired) electrons. The molecular formula is C9H11NO2. The molecule has 0 aliphatic carbocycles. The molecule has 3 nitrogen and oxygen atoms in total. The number of hydrogen-bond acceptors (Lipinski definition) is 3. The monoisotopic (exact) mass is 165 g/mol. The molecule has 1 heterocycles. The third-order valence-electron chi connectivity index (χ3n) is 1.97. The Morgan fingerprint density at radius 1 is 1.33 bits per heavy atom. The molecule has 3 heteroatoms. The van der Waals surface area contributed by atoms with E-state index in [1.165, 1.54) is 0 Å². The summed E-state index contributed by atoms with van der Waals surface area (Å²) in [6.07, 6.45) is -0.810. The molecule has 1 aliphatic rings. The zero-order valence-corrected chi connectivity index (χ0v) is 6.60. The minimum Gasteiger partial charge on any atom is -0.356 e. The SMILES string of the molecule is OC1NC(c2ccccc2)CO1. The van der Waals surface area contributed by atoms with Gasteiger partial charge in [0, 0.05) is 0 Å². The first kappa shape index (κ1) is 7.73. The molecule has 0 saturated carbocycles. The van der Waals surface area contributed by atoms with Gasteiger partial charge in [-0.3, -0.25) is 5.32 Å². The molecule has 2 rings (SSSR count). The summed E-state index contributed by atoms with van der Waals surface area (Å²) < 4.78 is 4.96. The van der Waals surface area contributed by atoms with E-state index >= 15 is 0 Å². The van der Waals surface area contributed by atoms with E-state index < -0.39 is 6.41 Å². The normalized spacial score (nSPS) is 29.1. The number of aliphatic hydroxyl groups is 1. The first-order chi connectivity index (χ1) is 5.86. The summed E-state index contributed by atoms with van der Waals surface area (Å²) in [6.45, 7) is 0.533. The summed E-state index contributed by atoms with van der Waals surface area (Å²) in [5, 5.41) is 11.9. The fourth-order valence-electron chi connectivity index (χ4n) is 1.33. The van der Waals surface area contributed by atoms with Crippen molar-refractivity contribution >= 4 is 0 Å². The summed E-state index contributed by atoms with van der Waals surface area (Å²) in [5.74, 6) is 0. The highest BCUT2D eigenvalue weighted by atomic mass is 16.6. The Hall–Kier alpha value is -0.900. The highest BCUT2D eigenvalue weighted by molar-refractivity contribution is 5.19. The number of benzene rings is 1. The van der Waals surface area contributed by atoms with Gasteiger partial charge >= 0.3 is 0 Å². The molecule has 0 spiro atoms. The number of ether oxygens (including phenoxy) is 1. The van der Waals surface area contributed by atoms with Gasteiger partial charge in [-0.25, -0.2) is 0 Å². The van der Waals surface area contributed by atoms with E-state index in [0.717, 1.165) is 5.56 Å². The molecule has 1 aromatic rings. The summed E-state index contributed by atoms with van der Waals surface area (Å²) in [5.41, 5.74) is 1.15. The van der Waals surface area contributed by atoms with Gasteiger partial charge in [0.2, 0.25) is 6.41 Å². The van der Waals surface area contributed by atoms with Crippen molar-refractivity contribution in [3.63, 3.8) is 0 Å². The van der Waals surface area contributed by atoms with Gasteiger partial charge in [0.1, 0.15) is 0 Å². The molecule has 2 N–H and O–H groups in total. The largest absolute Gasteiger partial charge is 0.356 e. The second kappa shape index (κ2) is 3.23. The summed E-state index contributed by atoms with van der Waals surface area (Å²) in [6, 6.07) is 10.1. The molecule has 2 unspecified atom stereocenters. The van der Waals surface area contributed by atoms with Crippen LogP contribution in [0.1, 0.15) is 11.6 Å². The van der Waals surface area contributed by atoms with E-state index in [9.17, 15) is 0 Å². The fraction of sp³-hybridized carbons (Fsp3) is 0.333. The zero-order chi connectivity index (χ0) is 8.39. The predicted octanol–water partition coefficient (Wildman–Crippen LogP) is 0.623. The molecule has 0 bridgehead atoms. The molecule has 64 valence electrons. The predicted molar refractivity (Wildman–Crippen MR) is 44.3 cm³/mol. The third-order valence-corrected chi connectivity index (χ3v) is 1.97. The van der Waals surface area contributed by atoms with Crippen molar-refractivity contribution in [2.75, 3.05) is 6.61 Å². The standard InChI is InChI=1S/C9H11NO2/c11-9-10-8(6-12-9)7-4-2-1-3-5-7/h1-5,8-11H,6H2. The van der Waals surface area contributed by atoms with Crippen LogP contribution in [-0.4, -0.2) is 18.1 Å². The first-order valence-corrected chi connectivity index (χ1v) is 3.97. The van der Waals surface area contributed by atoms with Gasteiger partial charge in [-0.2, -0.15) is 0 Å². The lowest BCUT2D eigenvalue weighted by molar-refractivity contribution is -0.0719. The minimum absolute atomic E-state index is 0.126. The maximum Gasteiger partial charge on any atom is 0.214 e. The van der Waals surface area contributed by atoms with Crippen LogP contribution in [0.2, 0.25) is 0 Å². The average molecular weight is 165 g/mol. The maximum absolute atomic E-state index is 9.03. The molecule has 12 heavy (non-hydrogen) atoms. The van der Waals surface area contributed by atoms with Crippen molar-refractivity contribution < 1.29 is 9.84 Å². The molecule has 1 aromatic carbocycles. The summed E-state index contributed by atoms with van der Waals surface area (Å²) >= 11 is 0. The van der Waals surface area contributed by atoms with Crippen LogP contribution < -0.4 is 5.32 Å². The van der Waals surface area contributed by atoms with Gasteiger partial charge in [0.05, 0.1) is 12.6 Å². The van der Waals surface area contributed by atoms with Crippen LogP contribution in [0.5, 0.6) is 0 Å². The molecule has 1 aliphatic heterocycles. The maximum atomic E-state index is 9.03. The molecule has 0 aromatic heterocycles. The van der Waals surface area contributed by atoms with Gasteiger partial charge in [-0.15, -0.1) is 0 Å². The van der Waals surface area contributed by atoms with E-state index in [1.807, 2.05) is 30.3 Å². The quantitative estimate of drug-likeness (QED) is 0.641. The summed E-state index contributed by atoms with van der Waals surface area (Å²) in [4.78, 5) is 0. The van der Waals surface area contributed by atoms with Gasteiger partial charge in [-0.05, 0) is 5.56 Å². The second-order valence-corrected chi connectivity index (χ2v) is 2.82. The minimum atomic E-state index is -0.810. The van der Waals surface area contributed by atoms with Crippen LogP contribution in [0.15, 0.2) is 30.3 Å². The van der Waals surface area contributed by atoms with Crippen molar-refractivity contribution in [2.24, 2.45) is 0 Å². The third kappa shape index (κ3) is 1.48. The van der Waals surface area contributed by atoms with Crippen molar-refractivity contribution in [1.29, 1.82) is 0 Å². The molecule has 2 atom stereocenters. The van der Waals surface area contributed by atoms with E-state index in [-0.39, 0.29) is 6.04 Å². The fourth-order valence-corrected chi connectivity index (χ4v) is 1.33. The number of rotatable bonds is 1. The van der Waals surface area contributed by atoms with Crippen molar-refractivity contribution in [3.05, 3.63) is 35.9 Å². The van der Waals surface area contributed by atoms with Gasteiger partial charge < -0.3 is 9.84 Å².